The lowest BCUT2D eigenvalue weighted by Crippen LogP contribution is -2.35. The molecule has 2 aromatic heterocycles. The van der Waals surface area contributed by atoms with Gasteiger partial charge in [-0.2, -0.15) is 0 Å². The van der Waals surface area contributed by atoms with Gasteiger partial charge in [0.1, 0.15) is 0 Å². The summed E-state index contributed by atoms with van der Waals surface area (Å²) >= 11 is 1.50. The van der Waals surface area contributed by atoms with E-state index in [1.54, 1.807) is 4.68 Å². The molecule has 0 spiro atoms. The van der Waals surface area contributed by atoms with Gasteiger partial charge in [0, 0.05) is 23.2 Å². The molecule has 0 saturated heterocycles. The van der Waals surface area contributed by atoms with Crippen LogP contribution in [0.5, 0.6) is 0 Å². The highest BCUT2D eigenvalue weighted by atomic mass is 32.2. The molecule has 0 aliphatic heterocycles. The third-order valence-corrected chi connectivity index (χ3v) is 6.61. The van der Waals surface area contributed by atoms with Crippen molar-refractivity contribution in [3.8, 4) is 5.69 Å². The van der Waals surface area contributed by atoms with Crippen LogP contribution in [0.4, 0.5) is 0 Å². The molecule has 1 N–H and O–H groups in total. The van der Waals surface area contributed by atoms with E-state index < -0.39 is 0 Å². The minimum Gasteiger partial charge on any atom is -0.348 e. The van der Waals surface area contributed by atoms with E-state index in [1.165, 1.54) is 30.2 Å². The molecule has 8 heteroatoms. The molecule has 168 valence electrons. The smallest absolute Gasteiger partial charge is 0.274 e. The maximum Gasteiger partial charge on any atom is 0.274 e. The number of nitrogens with one attached hydrogen (secondary N) is 1. The fourth-order valence-electron chi connectivity index (χ4n) is 4.07. The van der Waals surface area contributed by atoms with E-state index in [1.807, 2.05) is 51.1 Å². The van der Waals surface area contributed by atoms with E-state index in [-0.39, 0.29) is 11.9 Å². The Labute approximate surface area is 193 Å². The van der Waals surface area contributed by atoms with Gasteiger partial charge in [-0.15, -0.1) is 5.10 Å². The van der Waals surface area contributed by atoms with E-state index in [4.69, 9.17) is 0 Å². The first-order valence-electron chi connectivity index (χ1n) is 11.3. The molecule has 1 fully saturated rings. The van der Waals surface area contributed by atoms with Crippen LogP contribution in [0.2, 0.25) is 0 Å². The van der Waals surface area contributed by atoms with Crippen LogP contribution in [0.15, 0.2) is 35.5 Å². The zero-order chi connectivity index (χ0) is 22.5. The molecular formula is C24H30N6OS. The molecule has 32 heavy (non-hydrogen) atoms. The number of nitrogens with zero attached hydrogens (tertiary/aromatic N) is 5. The van der Waals surface area contributed by atoms with Crippen molar-refractivity contribution < 1.29 is 4.79 Å². The Kier molecular flexibility index (Phi) is 7.19. The average molecular weight is 451 g/mol. The molecule has 0 radical (unpaired) electrons. The molecule has 1 aliphatic rings. The second kappa shape index (κ2) is 10.3. The highest BCUT2D eigenvalue weighted by Gasteiger charge is 2.24. The fourth-order valence-corrected chi connectivity index (χ4v) is 5.01. The normalized spacial score (nSPS) is 14.8. The van der Waals surface area contributed by atoms with Gasteiger partial charge in [-0.1, -0.05) is 60.4 Å². The van der Waals surface area contributed by atoms with E-state index in [0.29, 0.717) is 16.6 Å². The first-order chi connectivity index (χ1) is 15.5. The molecule has 7 nitrogen and oxygen atoms in total. The summed E-state index contributed by atoms with van der Waals surface area (Å²) in [5.41, 5.74) is 5.04. The third kappa shape index (κ3) is 5.54. The van der Waals surface area contributed by atoms with Gasteiger partial charge in [-0.05, 0) is 51.8 Å². The molecule has 1 aromatic carbocycles. The maximum atomic E-state index is 13.2. The Morgan fingerprint density at radius 3 is 2.34 bits per heavy atom. The lowest BCUT2D eigenvalue weighted by Gasteiger charge is -2.16. The van der Waals surface area contributed by atoms with Gasteiger partial charge in [-0.3, -0.25) is 4.79 Å². The van der Waals surface area contributed by atoms with Gasteiger partial charge in [0.05, 0.1) is 11.4 Å². The predicted octanol–water partition coefficient (Wildman–Crippen LogP) is 4.73. The quantitative estimate of drug-likeness (QED) is 0.332. The van der Waals surface area contributed by atoms with Crippen LogP contribution < -0.4 is 5.32 Å². The van der Waals surface area contributed by atoms with Crippen molar-refractivity contribution in [3.05, 3.63) is 58.7 Å². The summed E-state index contributed by atoms with van der Waals surface area (Å²) in [7, 11) is 0. The van der Waals surface area contributed by atoms with Gasteiger partial charge < -0.3 is 5.32 Å². The van der Waals surface area contributed by atoms with Crippen molar-refractivity contribution in [1.29, 1.82) is 0 Å². The number of hydrogen-bond donors (Lipinski definition) is 1. The number of hydrogen-bond acceptors (Lipinski definition) is 6. The Morgan fingerprint density at radius 2 is 1.69 bits per heavy atom. The number of carbonyl (C=O) groups excluding carboxylic acids is 1. The molecule has 0 unspecified atom stereocenters. The SMILES string of the molecule is Cc1ccc(-n2nnc(C(=O)NC3CCCCCC3)c2CSc2nc(C)cc(C)n2)cc1. The van der Waals surface area contributed by atoms with Crippen LogP contribution in [0.25, 0.3) is 5.69 Å². The second-order valence-electron chi connectivity index (χ2n) is 8.52. The third-order valence-electron chi connectivity index (χ3n) is 5.75. The number of rotatable bonds is 6. The topological polar surface area (TPSA) is 85.6 Å². The molecule has 1 aliphatic carbocycles. The molecule has 0 bridgehead atoms. The number of carbonyl (C=O) groups is 1. The molecule has 4 rings (SSSR count). The number of thioether (sulfide) groups is 1. The van der Waals surface area contributed by atoms with Crippen molar-refractivity contribution in [3.63, 3.8) is 0 Å². The van der Waals surface area contributed by atoms with Crippen LogP contribution in [0, 0.1) is 20.8 Å². The molecule has 3 aromatic rings. The molecular weight excluding hydrogens is 420 g/mol. The van der Waals surface area contributed by atoms with E-state index >= 15 is 0 Å². The Morgan fingerprint density at radius 1 is 1.03 bits per heavy atom. The van der Waals surface area contributed by atoms with Crippen LogP contribution in [-0.2, 0) is 5.75 Å². The summed E-state index contributed by atoms with van der Waals surface area (Å²) in [4.78, 5) is 22.3. The fraction of sp³-hybridized carbons (Fsp3) is 0.458. The Balaban J connectivity index is 1.61. The monoisotopic (exact) mass is 450 g/mol. The summed E-state index contributed by atoms with van der Waals surface area (Å²) in [5, 5.41) is 12.5. The zero-order valence-electron chi connectivity index (χ0n) is 19.0. The first-order valence-corrected chi connectivity index (χ1v) is 12.3. The van der Waals surface area contributed by atoms with E-state index in [0.717, 1.165) is 48.5 Å². The summed E-state index contributed by atoms with van der Waals surface area (Å²) in [6.07, 6.45) is 6.86. The van der Waals surface area contributed by atoms with Crippen molar-refractivity contribution >= 4 is 17.7 Å². The number of aromatic nitrogens is 5. The van der Waals surface area contributed by atoms with Gasteiger partial charge in [-0.25, -0.2) is 14.6 Å². The van der Waals surface area contributed by atoms with Gasteiger partial charge in [0.2, 0.25) is 0 Å². The van der Waals surface area contributed by atoms with Gasteiger partial charge >= 0.3 is 0 Å². The number of aryl methyl sites for hydroxylation is 3. The van der Waals surface area contributed by atoms with Crippen LogP contribution in [0.1, 0.15) is 71.7 Å². The van der Waals surface area contributed by atoms with Crippen LogP contribution >= 0.6 is 11.8 Å². The molecule has 0 atom stereocenters. The highest BCUT2D eigenvalue weighted by Crippen LogP contribution is 2.24. The summed E-state index contributed by atoms with van der Waals surface area (Å²) < 4.78 is 1.76. The lowest BCUT2D eigenvalue weighted by molar-refractivity contribution is 0.0927. The summed E-state index contributed by atoms with van der Waals surface area (Å²) in [5.74, 6) is 0.351. The largest absolute Gasteiger partial charge is 0.348 e. The van der Waals surface area contributed by atoms with E-state index in [9.17, 15) is 4.79 Å². The average Bonchev–Trinajstić information content (AvgIpc) is 3.01. The van der Waals surface area contributed by atoms with E-state index in [2.05, 4.69) is 25.6 Å². The van der Waals surface area contributed by atoms with Crippen molar-refractivity contribution in [2.24, 2.45) is 0 Å². The standard InChI is InChI=1S/C24H30N6OS/c1-16-10-12-20(13-11-16)30-21(15-32-24-25-17(2)14-18(3)26-24)22(28-29-30)23(31)27-19-8-6-4-5-7-9-19/h10-14,19H,4-9,15H2,1-3H3,(H,27,31). The highest BCUT2D eigenvalue weighted by molar-refractivity contribution is 7.98. The summed E-state index contributed by atoms with van der Waals surface area (Å²) in [6.45, 7) is 5.97. The number of benzene rings is 1. The second-order valence-corrected chi connectivity index (χ2v) is 9.46. The lowest BCUT2D eigenvalue weighted by atomic mass is 10.1. The molecule has 2 heterocycles. The predicted molar refractivity (Wildman–Crippen MR) is 126 cm³/mol. The Hall–Kier alpha value is -2.74. The summed E-state index contributed by atoms with van der Waals surface area (Å²) in [6, 6.07) is 10.2. The first kappa shape index (κ1) is 22.5. The zero-order valence-corrected chi connectivity index (χ0v) is 19.8. The van der Waals surface area contributed by atoms with Gasteiger partial charge in [0.25, 0.3) is 5.91 Å². The van der Waals surface area contributed by atoms with Crippen molar-refractivity contribution in [2.45, 2.75) is 76.2 Å². The van der Waals surface area contributed by atoms with Crippen molar-refractivity contribution in [2.75, 3.05) is 0 Å². The minimum atomic E-state index is -0.146. The van der Waals surface area contributed by atoms with Crippen molar-refractivity contribution in [1.82, 2.24) is 30.3 Å². The maximum absolute atomic E-state index is 13.2. The van der Waals surface area contributed by atoms with Crippen LogP contribution in [0.3, 0.4) is 0 Å². The Bertz CT molecular complexity index is 1050. The van der Waals surface area contributed by atoms with Crippen LogP contribution in [-0.4, -0.2) is 36.9 Å². The molecule has 1 saturated carbocycles. The molecule has 1 amide bonds. The van der Waals surface area contributed by atoms with Gasteiger partial charge in [0.15, 0.2) is 10.9 Å². The minimum absolute atomic E-state index is 0.146. The number of amides is 1.